The highest BCUT2D eigenvalue weighted by Crippen LogP contribution is 2.61. The summed E-state index contributed by atoms with van der Waals surface area (Å²) in [4.78, 5) is 4.93. The number of hydrogen-bond acceptors (Lipinski definition) is 6. The van der Waals surface area contributed by atoms with Gasteiger partial charge in [-0.2, -0.15) is 10.2 Å². The number of methoxy groups -OCH3 is 1. The number of rotatable bonds is 2. The minimum absolute atomic E-state index is 0.0562. The van der Waals surface area contributed by atoms with Gasteiger partial charge < -0.3 is 15.2 Å². The number of fused-ring (bicyclic) bond motifs is 3. The molecule has 6 nitrogen and oxygen atoms in total. The summed E-state index contributed by atoms with van der Waals surface area (Å²) in [5, 5.41) is 7.91. The van der Waals surface area contributed by atoms with Gasteiger partial charge in [-0.15, -0.1) is 0 Å². The Morgan fingerprint density at radius 2 is 2.00 bits per heavy atom. The third-order valence-electron chi connectivity index (χ3n) is 6.83. The molecule has 0 amide bonds. The summed E-state index contributed by atoms with van der Waals surface area (Å²) in [6, 6.07) is 8.97. The van der Waals surface area contributed by atoms with Crippen molar-refractivity contribution in [2.45, 2.75) is 43.7 Å². The van der Waals surface area contributed by atoms with E-state index >= 15 is 0 Å². The van der Waals surface area contributed by atoms with Crippen LogP contribution in [-0.4, -0.2) is 36.0 Å². The minimum atomic E-state index is -0.387. The molecule has 1 aliphatic heterocycles. The molecule has 3 aliphatic rings. The van der Waals surface area contributed by atoms with Crippen molar-refractivity contribution in [3.05, 3.63) is 47.8 Å². The van der Waals surface area contributed by atoms with E-state index in [1.807, 2.05) is 13.2 Å². The Labute approximate surface area is 158 Å². The fourth-order valence-corrected chi connectivity index (χ4v) is 5.36. The van der Waals surface area contributed by atoms with E-state index in [1.54, 1.807) is 12.4 Å². The van der Waals surface area contributed by atoms with Crippen molar-refractivity contribution < 1.29 is 9.47 Å². The van der Waals surface area contributed by atoms with Crippen molar-refractivity contribution in [3.63, 3.8) is 0 Å². The first-order valence-corrected chi connectivity index (χ1v) is 9.57. The molecule has 140 valence electrons. The summed E-state index contributed by atoms with van der Waals surface area (Å²) < 4.78 is 11.4. The van der Waals surface area contributed by atoms with Crippen LogP contribution < -0.4 is 5.73 Å². The molecule has 2 heterocycles. The summed E-state index contributed by atoms with van der Waals surface area (Å²) >= 11 is 0. The molecule has 27 heavy (non-hydrogen) atoms. The van der Waals surface area contributed by atoms with Gasteiger partial charge in [0.05, 0.1) is 18.5 Å². The van der Waals surface area contributed by atoms with Crippen LogP contribution in [0.2, 0.25) is 0 Å². The number of hydrogen-bond donors (Lipinski definition) is 1. The van der Waals surface area contributed by atoms with Crippen LogP contribution >= 0.6 is 0 Å². The zero-order valence-electron chi connectivity index (χ0n) is 15.5. The normalized spacial score (nSPS) is 31.7. The van der Waals surface area contributed by atoms with Crippen LogP contribution in [0.15, 0.2) is 41.7 Å². The van der Waals surface area contributed by atoms with Crippen molar-refractivity contribution in [2.24, 2.45) is 16.1 Å². The van der Waals surface area contributed by atoms with Crippen LogP contribution in [0.25, 0.3) is 11.1 Å². The van der Waals surface area contributed by atoms with Crippen molar-refractivity contribution in [1.82, 2.24) is 10.2 Å². The lowest BCUT2D eigenvalue weighted by atomic mass is 9.62. The molecule has 2 N–H and O–H groups in total. The van der Waals surface area contributed by atoms with E-state index in [2.05, 4.69) is 28.4 Å². The minimum Gasteiger partial charge on any atom is -0.462 e. The number of nitrogens with two attached hydrogens (primary N) is 1. The Balaban J connectivity index is 1.61. The molecule has 2 aromatic rings. The Kier molecular flexibility index (Phi) is 3.72. The van der Waals surface area contributed by atoms with Gasteiger partial charge in [0, 0.05) is 18.1 Å². The summed E-state index contributed by atoms with van der Waals surface area (Å²) in [5.74, 6) is 0. The van der Waals surface area contributed by atoms with E-state index in [0.29, 0.717) is 18.7 Å². The molecule has 0 bridgehead atoms. The van der Waals surface area contributed by atoms with E-state index in [0.717, 1.165) is 43.2 Å². The maximum atomic E-state index is 6.02. The first-order valence-electron chi connectivity index (χ1n) is 9.57. The Morgan fingerprint density at radius 1 is 1.15 bits per heavy atom. The van der Waals surface area contributed by atoms with Crippen LogP contribution in [0.3, 0.4) is 0 Å². The van der Waals surface area contributed by atoms with Crippen LogP contribution in [-0.2, 0) is 21.4 Å². The average Bonchev–Trinajstić information content (AvgIpc) is 3.23. The lowest BCUT2D eigenvalue weighted by molar-refractivity contribution is -0.00983. The van der Waals surface area contributed by atoms with E-state index in [4.69, 9.17) is 20.2 Å². The van der Waals surface area contributed by atoms with Gasteiger partial charge in [0.15, 0.2) is 0 Å². The van der Waals surface area contributed by atoms with E-state index in [9.17, 15) is 0 Å². The van der Waals surface area contributed by atoms with Gasteiger partial charge in [0.1, 0.15) is 12.1 Å². The largest absolute Gasteiger partial charge is 0.462 e. The van der Waals surface area contributed by atoms with Gasteiger partial charge in [-0.25, -0.2) is 4.99 Å². The second kappa shape index (κ2) is 6.02. The fourth-order valence-electron chi connectivity index (χ4n) is 5.36. The van der Waals surface area contributed by atoms with E-state index in [1.165, 1.54) is 11.1 Å². The van der Waals surface area contributed by atoms with Gasteiger partial charge >= 0.3 is 0 Å². The van der Waals surface area contributed by atoms with Crippen molar-refractivity contribution in [1.29, 1.82) is 0 Å². The summed E-state index contributed by atoms with van der Waals surface area (Å²) in [7, 11) is 1.81. The first kappa shape index (κ1) is 16.7. The quantitative estimate of drug-likeness (QED) is 0.886. The van der Waals surface area contributed by atoms with Crippen LogP contribution in [0.5, 0.6) is 0 Å². The molecule has 1 aromatic carbocycles. The summed E-state index contributed by atoms with van der Waals surface area (Å²) in [6.45, 7) is 0.529. The zero-order valence-corrected chi connectivity index (χ0v) is 15.5. The molecule has 1 unspecified atom stereocenters. The van der Waals surface area contributed by atoms with Gasteiger partial charge in [0.25, 0.3) is 6.02 Å². The molecule has 1 saturated carbocycles. The van der Waals surface area contributed by atoms with Gasteiger partial charge in [0.2, 0.25) is 0 Å². The van der Waals surface area contributed by atoms with E-state index < -0.39 is 0 Å². The molecule has 2 aliphatic carbocycles. The first-order chi connectivity index (χ1) is 13.2. The number of aliphatic imine (C=N–C) groups is 1. The predicted molar refractivity (Wildman–Crippen MR) is 102 cm³/mol. The Morgan fingerprint density at radius 3 is 2.67 bits per heavy atom. The molecular formula is C21H24N4O2. The average molecular weight is 364 g/mol. The van der Waals surface area contributed by atoms with Crippen LogP contribution in [0.1, 0.15) is 36.8 Å². The zero-order chi connectivity index (χ0) is 18.5. The fraction of sp³-hybridized carbons (Fsp3) is 0.476. The maximum absolute atomic E-state index is 6.02. The third-order valence-corrected chi connectivity index (χ3v) is 6.83. The van der Waals surface area contributed by atoms with Gasteiger partial charge in [-0.1, -0.05) is 12.1 Å². The molecule has 5 rings (SSSR count). The number of amidine groups is 1. The lowest BCUT2D eigenvalue weighted by Gasteiger charge is -2.45. The van der Waals surface area contributed by atoms with Crippen LogP contribution in [0.4, 0.5) is 0 Å². The van der Waals surface area contributed by atoms with E-state index in [-0.39, 0.29) is 11.0 Å². The third kappa shape index (κ3) is 2.39. The number of benzene rings is 1. The molecule has 6 heteroatoms. The molecule has 0 saturated heterocycles. The summed E-state index contributed by atoms with van der Waals surface area (Å²) in [6.07, 6.45) is 9.16. The highest BCUT2D eigenvalue weighted by Gasteiger charge is 2.61. The van der Waals surface area contributed by atoms with Crippen LogP contribution in [0, 0.1) is 5.41 Å². The Hall–Kier alpha value is -2.47. The predicted octanol–water partition coefficient (Wildman–Crippen LogP) is 2.82. The highest BCUT2D eigenvalue weighted by molar-refractivity contribution is 5.76. The Bertz CT molecular complexity index is 890. The van der Waals surface area contributed by atoms with Crippen molar-refractivity contribution >= 4 is 6.02 Å². The maximum Gasteiger partial charge on any atom is 0.283 e. The molecular weight excluding hydrogens is 340 g/mol. The SMILES string of the molecule is CO[C@H]1CC[C@]2(CC1)Cc1ccc(-c3ccnnc3)cc1C21COC(N)=N1. The number of aromatic nitrogens is 2. The molecule has 1 atom stereocenters. The lowest BCUT2D eigenvalue weighted by Crippen LogP contribution is -2.46. The summed E-state index contributed by atoms with van der Waals surface area (Å²) in [5.41, 5.74) is 10.5. The second-order valence-corrected chi connectivity index (χ2v) is 7.99. The van der Waals surface area contributed by atoms with Crippen molar-refractivity contribution in [3.8, 4) is 11.1 Å². The standard InChI is InChI=1S/C21H24N4O2/c1-26-17-4-7-20(8-5-17)11-15-3-2-14(16-6-9-23-24-12-16)10-18(15)21(20)13-27-19(22)25-21/h2-3,6,9-10,12,17H,4-5,7-8,11,13H2,1H3,(H2,22,25)/t17-,20-,21?. The monoisotopic (exact) mass is 364 g/mol. The van der Waals surface area contributed by atoms with Gasteiger partial charge in [-0.05, 0) is 60.9 Å². The van der Waals surface area contributed by atoms with Gasteiger partial charge in [-0.3, -0.25) is 0 Å². The topological polar surface area (TPSA) is 82.6 Å². The molecule has 1 fully saturated rings. The highest BCUT2D eigenvalue weighted by atomic mass is 16.5. The molecule has 2 spiro atoms. The molecule has 1 aromatic heterocycles. The number of ether oxygens (including phenoxy) is 2. The molecule has 0 radical (unpaired) electrons. The number of nitrogens with zero attached hydrogens (tertiary/aromatic N) is 3. The van der Waals surface area contributed by atoms with Crippen molar-refractivity contribution in [2.75, 3.05) is 13.7 Å². The second-order valence-electron chi connectivity index (χ2n) is 7.99. The smallest absolute Gasteiger partial charge is 0.283 e.